The molecular formula is C24H26N6O2S. The molecule has 8 nitrogen and oxygen atoms in total. The molecule has 0 spiro atoms. The number of imidazole rings is 1. The molecule has 1 aromatic carbocycles. The Morgan fingerprint density at radius 1 is 0.970 bits per heavy atom. The molecular weight excluding hydrogens is 436 g/mol. The van der Waals surface area contributed by atoms with Crippen molar-refractivity contribution in [1.29, 1.82) is 0 Å². The molecule has 0 unspecified atom stereocenters. The zero-order chi connectivity index (χ0) is 22.8. The zero-order valence-electron chi connectivity index (χ0n) is 18.5. The quantitative estimate of drug-likeness (QED) is 0.411. The average Bonchev–Trinajstić information content (AvgIpc) is 3.20. The number of aromatic nitrogens is 4. The van der Waals surface area contributed by atoms with Gasteiger partial charge in [0.25, 0.3) is 5.56 Å². The van der Waals surface area contributed by atoms with Crippen LogP contribution in [0.2, 0.25) is 0 Å². The van der Waals surface area contributed by atoms with Crippen molar-refractivity contribution in [3.63, 3.8) is 0 Å². The van der Waals surface area contributed by atoms with Gasteiger partial charge in [-0.1, -0.05) is 6.07 Å². The van der Waals surface area contributed by atoms with E-state index in [4.69, 9.17) is 17.0 Å². The molecule has 0 aliphatic carbocycles. The van der Waals surface area contributed by atoms with Gasteiger partial charge in [-0.05, 0) is 48.6 Å². The van der Waals surface area contributed by atoms with Crippen molar-refractivity contribution in [1.82, 2.24) is 28.3 Å². The number of ether oxygens (including phenoxy) is 1. The number of benzene rings is 1. The lowest BCUT2D eigenvalue weighted by molar-refractivity contribution is 0.102. The van der Waals surface area contributed by atoms with E-state index < -0.39 is 0 Å². The molecule has 1 aliphatic heterocycles. The SMILES string of the molecule is COc1ccc(-n2ccn(CN3CCN(Cc4cc(=O)n5ccccc5n4)CC3)c2=S)cc1. The third kappa shape index (κ3) is 4.61. The number of pyridine rings is 1. The van der Waals surface area contributed by atoms with Crippen molar-refractivity contribution < 1.29 is 4.74 Å². The molecule has 1 aliphatic rings. The van der Waals surface area contributed by atoms with Crippen LogP contribution in [0, 0.1) is 4.77 Å². The monoisotopic (exact) mass is 462 g/mol. The highest BCUT2D eigenvalue weighted by atomic mass is 32.1. The molecule has 0 bridgehead atoms. The maximum atomic E-state index is 12.3. The molecule has 1 fully saturated rings. The molecule has 33 heavy (non-hydrogen) atoms. The van der Waals surface area contributed by atoms with Gasteiger partial charge in [0.05, 0.1) is 19.5 Å². The Balaban J connectivity index is 1.20. The predicted molar refractivity (Wildman–Crippen MR) is 129 cm³/mol. The lowest BCUT2D eigenvalue weighted by Crippen LogP contribution is -2.46. The lowest BCUT2D eigenvalue weighted by Gasteiger charge is -2.34. The Bertz CT molecular complexity index is 1370. The van der Waals surface area contributed by atoms with Gasteiger partial charge in [0.15, 0.2) is 4.77 Å². The van der Waals surface area contributed by atoms with E-state index in [1.165, 1.54) is 0 Å². The standard InChI is InChI=1S/C24H26N6O2S/c1-32-21-7-5-20(6-8-21)29-15-14-28(24(29)33)18-27-12-10-26(11-13-27)17-19-16-23(31)30-9-3-2-4-22(30)25-19/h2-9,14-16H,10-13,17-18H2,1H3. The van der Waals surface area contributed by atoms with Crippen LogP contribution in [0.4, 0.5) is 0 Å². The van der Waals surface area contributed by atoms with Crippen LogP contribution in [-0.4, -0.2) is 61.6 Å². The molecule has 0 atom stereocenters. The largest absolute Gasteiger partial charge is 0.497 e. The number of nitrogens with zero attached hydrogens (tertiary/aromatic N) is 6. The highest BCUT2D eigenvalue weighted by molar-refractivity contribution is 7.71. The van der Waals surface area contributed by atoms with E-state index in [0.29, 0.717) is 12.2 Å². The third-order valence-electron chi connectivity index (χ3n) is 6.02. The molecule has 0 N–H and O–H groups in total. The van der Waals surface area contributed by atoms with E-state index in [2.05, 4.69) is 19.4 Å². The van der Waals surface area contributed by atoms with Gasteiger partial charge >= 0.3 is 0 Å². The molecule has 4 heterocycles. The van der Waals surface area contributed by atoms with E-state index in [1.54, 1.807) is 23.8 Å². The number of fused-ring (bicyclic) bond motifs is 1. The summed E-state index contributed by atoms with van der Waals surface area (Å²) in [4.78, 5) is 21.7. The van der Waals surface area contributed by atoms with Gasteiger partial charge in [-0.15, -0.1) is 0 Å². The first-order valence-electron chi connectivity index (χ1n) is 10.9. The summed E-state index contributed by atoms with van der Waals surface area (Å²) in [5, 5.41) is 0. The minimum absolute atomic E-state index is 0.0371. The molecule has 0 saturated carbocycles. The van der Waals surface area contributed by atoms with E-state index in [-0.39, 0.29) is 5.56 Å². The topological polar surface area (TPSA) is 59.9 Å². The number of methoxy groups -OCH3 is 1. The first-order valence-corrected chi connectivity index (χ1v) is 11.4. The van der Waals surface area contributed by atoms with Crippen LogP contribution >= 0.6 is 12.2 Å². The van der Waals surface area contributed by atoms with Crippen molar-refractivity contribution in [2.24, 2.45) is 0 Å². The van der Waals surface area contributed by atoms with Crippen molar-refractivity contribution in [2.45, 2.75) is 13.2 Å². The van der Waals surface area contributed by atoms with Crippen LogP contribution in [0.1, 0.15) is 5.69 Å². The van der Waals surface area contributed by atoms with Crippen molar-refractivity contribution in [3.8, 4) is 11.4 Å². The van der Waals surface area contributed by atoms with Crippen LogP contribution in [0.25, 0.3) is 11.3 Å². The summed E-state index contributed by atoms with van der Waals surface area (Å²) in [7, 11) is 1.66. The fourth-order valence-electron chi connectivity index (χ4n) is 4.18. The van der Waals surface area contributed by atoms with Crippen LogP contribution in [0.5, 0.6) is 5.75 Å². The maximum absolute atomic E-state index is 12.3. The van der Waals surface area contributed by atoms with Gasteiger partial charge in [0.2, 0.25) is 0 Å². The lowest BCUT2D eigenvalue weighted by atomic mass is 10.3. The highest BCUT2D eigenvalue weighted by Crippen LogP contribution is 2.16. The van der Waals surface area contributed by atoms with Crippen LogP contribution < -0.4 is 10.3 Å². The van der Waals surface area contributed by atoms with Gasteiger partial charge < -0.3 is 9.30 Å². The molecule has 9 heteroatoms. The van der Waals surface area contributed by atoms with E-state index in [1.807, 2.05) is 59.4 Å². The van der Waals surface area contributed by atoms with Crippen LogP contribution in [0.3, 0.4) is 0 Å². The summed E-state index contributed by atoms with van der Waals surface area (Å²) in [6.07, 6.45) is 5.79. The smallest absolute Gasteiger partial charge is 0.258 e. The second kappa shape index (κ2) is 9.30. The Morgan fingerprint density at radius 3 is 2.48 bits per heavy atom. The van der Waals surface area contributed by atoms with Crippen molar-refractivity contribution in [3.05, 3.63) is 87.9 Å². The van der Waals surface area contributed by atoms with E-state index >= 15 is 0 Å². The Morgan fingerprint density at radius 2 is 1.73 bits per heavy atom. The second-order valence-corrected chi connectivity index (χ2v) is 8.53. The highest BCUT2D eigenvalue weighted by Gasteiger charge is 2.18. The van der Waals surface area contributed by atoms with Gasteiger partial charge in [-0.3, -0.25) is 23.6 Å². The van der Waals surface area contributed by atoms with Crippen molar-refractivity contribution >= 4 is 17.9 Å². The third-order valence-corrected chi connectivity index (χ3v) is 6.46. The maximum Gasteiger partial charge on any atom is 0.258 e. The van der Waals surface area contributed by atoms with Gasteiger partial charge in [-0.25, -0.2) is 4.98 Å². The second-order valence-electron chi connectivity index (χ2n) is 8.17. The Kier molecular flexibility index (Phi) is 6.08. The fourth-order valence-corrected chi connectivity index (χ4v) is 4.46. The summed E-state index contributed by atoms with van der Waals surface area (Å²) in [6, 6.07) is 15.1. The summed E-state index contributed by atoms with van der Waals surface area (Å²) in [5.41, 5.74) is 2.49. The molecule has 4 aromatic rings. The first kappa shape index (κ1) is 21.6. The molecule has 0 radical (unpaired) electrons. The first-order chi connectivity index (χ1) is 16.1. The molecule has 3 aromatic heterocycles. The van der Waals surface area contributed by atoms with Gasteiger partial charge in [0.1, 0.15) is 11.4 Å². The van der Waals surface area contributed by atoms with Gasteiger partial charge in [-0.2, -0.15) is 0 Å². The normalized spacial score (nSPS) is 15.2. The van der Waals surface area contributed by atoms with Crippen LogP contribution in [-0.2, 0) is 13.2 Å². The van der Waals surface area contributed by atoms with Crippen molar-refractivity contribution in [2.75, 3.05) is 33.3 Å². The number of piperazine rings is 1. The summed E-state index contributed by atoms with van der Waals surface area (Å²) >= 11 is 5.72. The molecule has 170 valence electrons. The molecule has 0 amide bonds. The van der Waals surface area contributed by atoms with E-state index in [0.717, 1.165) is 54.7 Å². The summed E-state index contributed by atoms with van der Waals surface area (Å²) in [6.45, 7) is 5.14. The minimum atomic E-state index is -0.0371. The predicted octanol–water partition coefficient (Wildman–Crippen LogP) is 2.80. The Hall–Kier alpha value is -3.27. The van der Waals surface area contributed by atoms with Crippen LogP contribution in [0.15, 0.2) is 71.9 Å². The van der Waals surface area contributed by atoms with E-state index in [9.17, 15) is 4.79 Å². The zero-order valence-corrected chi connectivity index (χ0v) is 19.3. The summed E-state index contributed by atoms with van der Waals surface area (Å²) < 4.78 is 11.7. The summed E-state index contributed by atoms with van der Waals surface area (Å²) in [5.74, 6) is 0.826. The Labute approximate surface area is 196 Å². The van der Waals surface area contributed by atoms with Gasteiger partial charge in [0, 0.05) is 63.1 Å². The fraction of sp³-hybridized carbons (Fsp3) is 0.292. The average molecular weight is 463 g/mol. The molecule has 5 rings (SSSR count). The number of hydrogen-bond donors (Lipinski definition) is 0. The minimum Gasteiger partial charge on any atom is -0.497 e. The number of rotatable bonds is 6. The number of hydrogen-bond acceptors (Lipinski definition) is 6. The molecule has 1 saturated heterocycles.